The van der Waals surface area contributed by atoms with Crippen LogP contribution in [-0.4, -0.2) is 26.2 Å². The predicted molar refractivity (Wildman–Crippen MR) is 139 cm³/mol. The van der Waals surface area contributed by atoms with Gasteiger partial charge in [-0.05, 0) is 42.8 Å². The normalized spacial score (nSPS) is 11.5. The molecule has 1 N–H and O–H groups in total. The number of carbonyl (C=O) groups excluding carboxylic acids is 1. The molecule has 174 valence electrons. The highest BCUT2D eigenvalue weighted by Gasteiger charge is 2.10. The zero-order valence-electron chi connectivity index (χ0n) is 19.0. The van der Waals surface area contributed by atoms with E-state index in [0.717, 1.165) is 27.6 Å². The topological polar surface area (TPSA) is 81.3 Å². The number of halogens is 1. The van der Waals surface area contributed by atoms with E-state index >= 15 is 0 Å². The Bertz CT molecular complexity index is 1630. The summed E-state index contributed by atoms with van der Waals surface area (Å²) in [6.07, 6.45) is 4.99. The van der Waals surface area contributed by atoms with E-state index in [4.69, 9.17) is 11.6 Å². The minimum absolute atomic E-state index is 0.175. The van der Waals surface area contributed by atoms with Gasteiger partial charge in [0, 0.05) is 34.2 Å². The third-order valence-electron chi connectivity index (χ3n) is 5.77. The van der Waals surface area contributed by atoms with E-state index in [1.54, 1.807) is 18.3 Å². The van der Waals surface area contributed by atoms with Crippen molar-refractivity contribution in [2.24, 2.45) is 5.10 Å². The van der Waals surface area contributed by atoms with Crippen molar-refractivity contribution < 1.29 is 4.79 Å². The molecule has 0 saturated heterocycles. The number of aromatic nitrogens is 3. The fourth-order valence-electron chi connectivity index (χ4n) is 4.04. The molecule has 0 unspecified atom stereocenters. The fourth-order valence-corrected chi connectivity index (χ4v) is 4.17. The number of rotatable bonds is 6. The molecule has 0 fully saturated rings. The van der Waals surface area contributed by atoms with E-state index in [1.165, 1.54) is 10.9 Å². The Balaban J connectivity index is 1.32. The quantitative estimate of drug-likeness (QED) is 0.285. The molecule has 1 amide bonds. The molecule has 0 saturated carbocycles. The lowest BCUT2D eigenvalue weighted by atomic mass is 10.2. The largest absolute Gasteiger partial charge is 0.342 e. The van der Waals surface area contributed by atoms with Gasteiger partial charge in [0.05, 0.1) is 23.4 Å². The van der Waals surface area contributed by atoms with E-state index in [0.29, 0.717) is 22.5 Å². The second-order valence-corrected chi connectivity index (χ2v) is 8.78. The van der Waals surface area contributed by atoms with Crippen molar-refractivity contribution in [1.82, 2.24) is 19.5 Å². The van der Waals surface area contributed by atoms with Crippen molar-refractivity contribution in [2.45, 2.75) is 20.0 Å². The van der Waals surface area contributed by atoms with E-state index < -0.39 is 5.91 Å². The lowest BCUT2D eigenvalue weighted by Crippen LogP contribution is -2.30. The first-order valence-corrected chi connectivity index (χ1v) is 11.5. The maximum absolute atomic E-state index is 12.7. The van der Waals surface area contributed by atoms with Crippen molar-refractivity contribution in [3.8, 4) is 0 Å². The fraction of sp³-hybridized carbons (Fsp3) is 0.111. The summed E-state index contributed by atoms with van der Waals surface area (Å²) >= 11 is 6.01. The zero-order valence-corrected chi connectivity index (χ0v) is 19.7. The number of carbonyl (C=O) groups is 1. The van der Waals surface area contributed by atoms with E-state index in [2.05, 4.69) is 20.1 Å². The minimum atomic E-state index is -0.415. The lowest BCUT2D eigenvalue weighted by molar-refractivity contribution is -0.121. The van der Waals surface area contributed by atoms with Crippen molar-refractivity contribution in [3.63, 3.8) is 0 Å². The van der Waals surface area contributed by atoms with Gasteiger partial charge in [0.2, 0.25) is 0 Å². The first-order chi connectivity index (χ1) is 17.0. The van der Waals surface area contributed by atoms with Crippen LogP contribution in [0.2, 0.25) is 5.02 Å². The number of benzene rings is 3. The van der Waals surface area contributed by atoms with E-state index in [-0.39, 0.29) is 12.1 Å². The van der Waals surface area contributed by atoms with Gasteiger partial charge in [-0.3, -0.25) is 14.2 Å². The number of hydrazone groups is 1. The number of hydrogen-bond donors (Lipinski definition) is 1. The average molecular weight is 484 g/mol. The van der Waals surface area contributed by atoms with Crippen LogP contribution in [0.1, 0.15) is 16.7 Å². The molecule has 0 aliphatic rings. The number of para-hydroxylation sites is 1. The summed E-state index contributed by atoms with van der Waals surface area (Å²) in [5.74, 6) is -0.415. The molecule has 0 atom stereocenters. The first kappa shape index (κ1) is 22.6. The number of nitrogens with zero attached hydrogens (tertiary/aromatic N) is 4. The number of amides is 1. The Morgan fingerprint density at radius 2 is 1.86 bits per heavy atom. The van der Waals surface area contributed by atoms with Crippen LogP contribution in [0.15, 0.2) is 89.2 Å². The van der Waals surface area contributed by atoms with Gasteiger partial charge in [0.1, 0.15) is 6.54 Å². The van der Waals surface area contributed by atoms with Gasteiger partial charge in [-0.1, -0.05) is 53.6 Å². The highest BCUT2D eigenvalue weighted by Crippen LogP contribution is 2.22. The van der Waals surface area contributed by atoms with Crippen molar-refractivity contribution >= 4 is 45.5 Å². The van der Waals surface area contributed by atoms with Crippen LogP contribution < -0.4 is 11.0 Å². The maximum Gasteiger partial charge on any atom is 0.261 e. The highest BCUT2D eigenvalue weighted by atomic mass is 35.5. The average Bonchev–Trinajstić information content (AvgIpc) is 3.20. The number of aryl methyl sites for hydroxylation is 1. The zero-order chi connectivity index (χ0) is 24.4. The van der Waals surface area contributed by atoms with Crippen molar-refractivity contribution in [3.05, 3.63) is 111 Å². The molecule has 0 spiro atoms. The van der Waals surface area contributed by atoms with Gasteiger partial charge in [-0.15, -0.1) is 0 Å². The number of hydrogen-bond acceptors (Lipinski definition) is 4. The Morgan fingerprint density at radius 1 is 1.06 bits per heavy atom. The molecular formula is C27H22ClN5O2. The van der Waals surface area contributed by atoms with Crippen LogP contribution in [0.4, 0.5) is 0 Å². The molecule has 8 heteroatoms. The van der Waals surface area contributed by atoms with Gasteiger partial charge in [-0.2, -0.15) is 5.10 Å². The molecule has 5 aromatic rings. The third kappa shape index (κ3) is 4.85. The van der Waals surface area contributed by atoms with E-state index in [9.17, 15) is 9.59 Å². The van der Waals surface area contributed by atoms with Gasteiger partial charge < -0.3 is 4.57 Å². The van der Waals surface area contributed by atoms with Crippen molar-refractivity contribution in [1.29, 1.82) is 0 Å². The maximum atomic E-state index is 12.7. The Morgan fingerprint density at radius 3 is 2.69 bits per heavy atom. The van der Waals surface area contributed by atoms with Crippen LogP contribution in [0.3, 0.4) is 0 Å². The third-order valence-corrected chi connectivity index (χ3v) is 6.02. The molecule has 7 nitrogen and oxygen atoms in total. The SMILES string of the molecule is Cc1ccc2ncn(CC(=O)N/N=C/c3cn(Cc4ccc(Cl)cc4)c4ccccc34)c(=O)c2c1. The molecule has 0 aliphatic heterocycles. The van der Waals surface area contributed by atoms with Gasteiger partial charge >= 0.3 is 0 Å². The molecule has 0 aliphatic carbocycles. The number of nitrogens with one attached hydrogen (secondary N) is 1. The van der Waals surface area contributed by atoms with Crippen molar-refractivity contribution in [2.75, 3.05) is 0 Å². The summed E-state index contributed by atoms with van der Waals surface area (Å²) in [5.41, 5.74) is 6.86. The van der Waals surface area contributed by atoms with Gasteiger partial charge in [-0.25, -0.2) is 10.4 Å². The Kier molecular flexibility index (Phi) is 6.16. The summed E-state index contributed by atoms with van der Waals surface area (Å²) in [5, 5.41) is 6.34. The van der Waals surface area contributed by atoms with Crippen LogP contribution in [0, 0.1) is 6.92 Å². The summed E-state index contributed by atoms with van der Waals surface area (Å²) in [7, 11) is 0. The standard InChI is InChI=1S/C27H22ClN5O2/c1-18-6-11-24-23(12-18)27(35)33(17-29-24)16-26(34)31-30-13-20-15-32(25-5-3-2-4-22(20)25)14-19-7-9-21(28)10-8-19/h2-13,15,17H,14,16H2,1H3,(H,31,34)/b30-13+. The molecule has 35 heavy (non-hydrogen) atoms. The van der Waals surface area contributed by atoms with E-state index in [1.807, 2.05) is 67.7 Å². The summed E-state index contributed by atoms with van der Waals surface area (Å²) in [6.45, 7) is 2.41. The van der Waals surface area contributed by atoms with Crippen LogP contribution in [-0.2, 0) is 17.9 Å². The smallest absolute Gasteiger partial charge is 0.261 e. The first-order valence-electron chi connectivity index (χ1n) is 11.1. The Labute approximate surface area is 206 Å². The molecule has 5 rings (SSSR count). The summed E-state index contributed by atoms with van der Waals surface area (Å²) in [6, 6.07) is 21.2. The second kappa shape index (κ2) is 9.56. The predicted octanol–water partition coefficient (Wildman–Crippen LogP) is 4.51. The highest BCUT2D eigenvalue weighted by molar-refractivity contribution is 6.30. The minimum Gasteiger partial charge on any atom is -0.342 e. The molecule has 3 aromatic carbocycles. The van der Waals surface area contributed by atoms with Gasteiger partial charge in [0.25, 0.3) is 11.5 Å². The Hall–Kier alpha value is -4.23. The summed E-state index contributed by atoms with van der Waals surface area (Å²) in [4.78, 5) is 29.5. The molecule has 2 aromatic heterocycles. The molecular weight excluding hydrogens is 462 g/mol. The number of fused-ring (bicyclic) bond motifs is 2. The molecule has 2 heterocycles. The molecule has 0 radical (unpaired) electrons. The lowest BCUT2D eigenvalue weighted by Gasteiger charge is -2.06. The molecule has 0 bridgehead atoms. The van der Waals surface area contributed by atoms with Crippen LogP contribution in [0.25, 0.3) is 21.8 Å². The monoisotopic (exact) mass is 483 g/mol. The van der Waals surface area contributed by atoms with Crippen LogP contribution >= 0.6 is 11.6 Å². The van der Waals surface area contributed by atoms with Crippen LogP contribution in [0.5, 0.6) is 0 Å². The van der Waals surface area contributed by atoms with Gasteiger partial charge in [0.15, 0.2) is 0 Å². The summed E-state index contributed by atoms with van der Waals surface area (Å²) < 4.78 is 3.41. The second-order valence-electron chi connectivity index (χ2n) is 8.35.